The molecule has 1 unspecified atom stereocenters. The molecule has 2 aliphatic rings. The van der Waals surface area contributed by atoms with Crippen molar-refractivity contribution in [3.8, 4) is 0 Å². The second kappa shape index (κ2) is 6.38. The van der Waals surface area contributed by atoms with Crippen LogP contribution in [0.25, 0.3) is 0 Å². The van der Waals surface area contributed by atoms with Crippen molar-refractivity contribution in [1.82, 2.24) is 0 Å². The van der Waals surface area contributed by atoms with E-state index in [2.05, 4.69) is 20.8 Å². The van der Waals surface area contributed by atoms with Crippen LogP contribution in [0.3, 0.4) is 0 Å². The van der Waals surface area contributed by atoms with E-state index in [-0.39, 0.29) is 17.8 Å². The first kappa shape index (κ1) is 15.0. The van der Waals surface area contributed by atoms with Crippen LogP contribution in [0.2, 0.25) is 0 Å². The molecular weight excluding hydrogens is 240 g/mol. The second-order valence-electron chi connectivity index (χ2n) is 6.54. The number of hydrogen-bond donors (Lipinski definition) is 1. The van der Waals surface area contributed by atoms with Crippen LogP contribution in [-0.4, -0.2) is 30.7 Å². The number of allylic oxidation sites excluding steroid dienone is 1. The van der Waals surface area contributed by atoms with Gasteiger partial charge in [-0.3, -0.25) is 0 Å². The minimum Gasteiger partial charge on any atom is -0.389 e. The van der Waals surface area contributed by atoms with Crippen LogP contribution in [0.5, 0.6) is 0 Å². The molecule has 2 atom stereocenters. The maximum Gasteiger partial charge on any atom is 0.157 e. The SMILES string of the molecule is CC1=C(CCCOC2CCCCO2)C(C)(C)C[C@@H]1O. The number of ether oxygens (including phenoxy) is 2. The highest BCUT2D eigenvalue weighted by atomic mass is 16.7. The topological polar surface area (TPSA) is 38.7 Å². The second-order valence-corrected chi connectivity index (χ2v) is 6.54. The van der Waals surface area contributed by atoms with Crippen molar-refractivity contribution in [1.29, 1.82) is 0 Å². The standard InChI is InChI=1S/C16H28O3/c1-12-13(16(2,3)11-14(12)17)7-6-10-19-15-8-4-5-9-18-15/h14-15,17H,4-11H2,1-3H3/t14-,15?/m0/s1. The first-order chi connectivity index (χ1) is 9.00. The summed E-state index contributed by atoms with van der Waals surface area (Å²) >= 11 is 0. The van der Waals surface area contributed by atoms with Gasteiger partial charge in [-0.1, -0.05) is 19.4 Å². The smallest absolute Gasteiger partial charge is 0.157 e. The van der Waals surface area contributed by atoms with Crippen molar-refractivity contribution in [2.24, 2.45) is 5.41 Å². The van der Waals surface area contributed by atoms with E-state index in [1.54, 1.807) is 0 Å². The van der Waals surface area contributed by atoms with E-state index >= 15 is 0 Å². The molecule has 0 aromatic carbocycles. The van der Waals surface area contributed by atoms with Crippen LogP contribution in [0, 0.1) is 5.41 Å². The molecule has 1 aliphatic carbocycles. The molecule has 0 spiro atoms. The summed E-state index contributed by atoms with van der Waals surface area (Å²) in [6, 6.07) is 0. The maximum atomic E-state index is 9.95. The molecule has 0 amide bonds. The first-order valence-electron chi connectivity index (χ1n) is 7.62. The highest BCUT2D eigenvalue weighted by Gasteiger charge is 2.35. The minimum atomic E-state index is -0.243. The molecule has 1 saturated heterocycles. The molecule has 0 saturated carbocycles. The van der Waals surface area contributed by atoms with E-state index in [9.17, 15) is 5.11 Å². The fraction of sp³-hybridized carbons (Fsp3) is 0.875. The summed E-state index contributed by atoms with van der Waals surface area (Å²) in [7, 11) is 0. The maximum absolute atomic E-state index is 9.95. The van der Waals surface area contributed by atoms with Crippen LogP contribution in [-0.2, 0) is 9.47 Å². The monoisotopic (exact) mass is 268 g/mol. The van der Waals surface area contributed by atoms with Gasteiger partial charge in [0.2, 0.25) is 0 Å². The third kappa shape index (κ3) is 3.80. The van der Waals surface area contributed by atoms with Gasteiger partial charge < -0.3 is 14.6 Å². The number of rotatable bonds is 5. The molecule has 3 nitrogen and oxygen atoms in total. The molecule has 1 aliphatic heterocycles. The van der Waals surface area contributed by atoms with E-state index in [1.807, 2.05) is 0 Å². The van der Waals surface area contributed by atoms with Crippen molar-refractivity contribution in [3.63, 3.8) is 0 Å². The Hall–Kier alpha value is -0.380. The van der Waals surface area contributed by atoms with E-state index < -0.39 is 0 Å². The highest BCUT2D eigenvalue weighted by molar-refractivity contribution is 5.29. The lowest BCUT2D eigenvalue weighted by Crippen LogP contribution is -2.22. The zero-order valence-corrected chi connectivity index (χ0v) is 12.6. The Balaban J connectivity index is 1.73. The summed E-state index contributed by atoms with van der Waals surface area (Å²) < 4.78 is 11.3. The van der Waals surface area contributed by atoms with Crippen molar-refractivity contribution in [2.75, 3.05) is 13.2 Å². The zero-order valence-electron chi connectivity index (χ0n) is 12.6. The molecule has 0 bridgehead atoms. The zero-order chi connectivity index (χ0) is 13.9. The van der Waals surface area contributed by atoms with Gasteiger partial charge in [-0.2, -0.15) is 0 Å². The summed E-state index contributed by atoms with van der Waals surface area (Å²) in [5, 5.41) is 9.95. The molecule has 3 heteroatoms. The Morgan fingerprint density at radius 3 is 2.74 bits per heavy atom. The fourth-order valence-electron chi connectivity index (χ4n) is 3.34. The summed E-state index contributed by atoms with van der Waals surface area (Å²) in [6.45, 7) is 8.13. The Morgan fingerprint density at radius 2 is 2.16 bits per heavy atom. The molecule has 2 rings (SSSR count). The highest BCUT2D eigenvalue weighted by Crippen LogP contribution is 2.44. The van der Waals surface area contributed by atoms with Gasteiger partial charge in [-0.25, -0.2) is 0 Å². The molecule has 1 N–H and O–H groups in total. The third-order valence-corrected chi connectivity index (χ3v) is 4.51. The summed E-state index contributed by atoms with van der Waals surface area (Å²) in [5.41, 5.74) is 2.75. The van der Waals surface area contributed by atoms with E-state index in [1.165, 1.54) is 17.6 Å². The van der Waals surface area contributed by atoms with Gasteiger partial charge in [0.05, 0.1) is 12.7 Å². The molecule has 110 valence electrons. The van der Waals surface area contributed by atoms with E-state index in [0.717, 1.165) is 45.3 Å². The van der Waals surface area contributed by atoms with Crippen LogP contribution < -0.4 is 0 Å². The lowest BCUT2D eigenvalue weighted by atomic mass is 9.83. The van der Waals surface area contributed by atoms with Gasteiger partial charge in [0.15, 0.2) is 6.29 Å². The van der Waals surface area contributed by atoms with Crippen LogP contribution in [0.1, 0.15) is 59.3 Å². The van der Waals surface area contributed by atoms with Gasteiger partial charge >= 0.3 is 0 Å². The lowest BCUT2D eigenvalue weighted by Gasteiger charge is -2.24. The van der Waals surface area contributed by atoms with Gasteiger partial charge in [0.1, 0.15) is 0 Å². The normalized spacial score (nSPS) is 30.9. The van der Waals surface area contributed by atoms with Gasteiger partial charge in [0.25, 0.3) is 0 Å². The average molecular weight is 268 g/mol. The fourth-order valence-corrected chi connectivity index (χ4v) is 3.34. The van der Waals surface area contributed by atoms with Crippen LogP contribution >= 0.6 is 0 Å². The number of aliphatic hydroxyl groups is 1. The van der Waals surface area contributed by atoms with Gasteiger partial charge in [-0.15, -0.1) is 0 Å². The first-order valence-corrected chi connectivity index (χ1v) is 7.62. The van der Waals surface area contributed by atoms with Gasteiger partial charge in [0, 0.05) is 6.61 Å². The van der Waals surface area contributed by atoms with Crippen LogP contribution in [0.4, 0.5) is 0 Å². The predicted octanol–water partition coefficient (Wildman–Crippen LogP) is 3.42. The third-order valence-electron chi connectivity index (χ3n) is 4.51. The van der Waals surface area contributed by atoms with Crippen molar-refractivity contribution < 1.29 is 14.6 Å². The van der Waals surface area contributed by atoms with E-state index in [0.29, 0.717) is 0 Å². The quantitative estimate of drug-likeness (QED) is 0.613. The molecule has 1 heterocycles. The Labute approximate surface area is 117 Å². The molecule has 19 heavy (non-hydrogen) atoms. The Kier molecular flexibility index (Phi) is 5.04. The number of hydrogen-bond acceptors (Lipinski definition) is 3. The molecule has 1 fully saturated rings. The summed E-state index contributed by atoms with van der Waals surface area (Å²) in [5.74, 6) is 0. The average Bonchev–Trinajstić information content (AvgIpc) is 2.57. The van der Waals surface area contributed by atoms with Crippen molar-refractivity contribution >= 4 is 0 Å². The molecule has 0 aromatic heterocycles. The summed E-state index contributed by atoms with van der Waals surface area (Å²) in [6.07, 6.45) is 6.10. The Morgan fingerprint density at radius 1 is 1.37 bits per heavy atom. The largest absolute Gasteiger partial charge is 0.389 e. The van der Waals surface area contributed by atoms with Crippen LogP contribution in [0.15, 0.2) is 11.1 Å². The molecular formula is C16H28O3. The van der Waals surface area contributed by atoms with E-state index in [4.69, 9.17) is 9.47 Å². The Bertz CT molecular complexity index is 327. The number of aliphatic hydroxyl groups excluding tert-OH is 1. The minimum absolute atomic E-state index is 0.0194. The predicted molar refractivity (Wildman–Crippen MR) is 75.9 cm³/mol. The van der Waals surface area contributed by atoms with Crippen molar-refractivity contribution in [2.45, 2.75) is 71.7 Å². The van der Waals surface area contributed by atoms with Crippen molar-refractivity contribution in [3.05, 3.63) is 11.1 Å². The summed E-state index contributed by atoms with van der Waals surface area (Å²) in [4.78, 5) is 0. The molecule has 0 aromatic rings. The lowest BCUT2D eigenvalue weighted by molar-refractivity contribution is -0.162. The van der Waals surface area contributed by atoms with Gasteiger partial charge in [-0.05, 0) is 56.4 Å². The molecule has 0 radical (unpaired) electrons.